The number of aliphatic imine (C=N–C) groups is 1. The summed E-state index contributed by atoms with van der Waals surface area (Å²) in [4.78, 5) is 16.6. The van der Waals surface area contributed by atoms with Gasteiger partial charge in [0.1, 0.15) is 0 Å². The van der Waals surface area contributed by atoms with Gasteiger partial charge in [0.15, 0.2) is 0 Å². The van der Waals surface area contributed by atoms with Crippen molar-refractivity contribution in [3.8, 4) is 5.75 Å². The van der Waals surface area contributed by atoms with Gasteiger partial charge in [-0.05, 0) is 31.5 Å². The molecule has 0 aliphatic carbocycles. The number of benzene rings is 2. The Bertz CT molecular complexity index is 978. The highest BCUT2D eigenvalue weighted by Crippen LogP contribution is 2.37. The minimum Gasteiger partial charge on any atom is -0.872 e. The lowest BCUT2D eigenvalue weighted by atomic mass is 10.2. The molecule has 0 spiro atoms. The van der Waals surface area contributed by atoms with Gasteiger partial charge in [-0.1, -0.05) is 35.7 Å². The van der Waals surface area contributed by atoms with E-state index in [2.05, 4.69) is 15.2 Å². The van der Waals surface area contributed by atoms with E-state index in [1.807, 2.05) is 38.1 Å². The molecule has 0 fully saturated rings. The molecule has 0 saturated heterocycles. The zero-order valence-corrected chi connectivity index (χ0v) is 14.9. The van der Waals surface area contributed by atoms with E-state index < -0.39 is 4.92 Å². The van der Waals surface area contributed by atoms with E-state index in [1.54, 1.807) is 0 Å². The van der Waals surface area contributed by atoms with E-state index in [0.29, 0.717) is 5.69 Å². The fourth-order valence-electron chi connectivity index (χ4n) is 2.34. The molecule has 0 atom stereocenters. The van der Waals surface area contributed by atoms with Crippen LogP contribution in [-0.2, 0) is 0 Å². The molecular weight excluding hydrogens is 352 g/mol. The van der Waals surface area contributed by atoms with Crippen molar-refractivity contribution >= 4 is 29.4 Å². The zero-order valence-electron chi connectivity index (χ0n) is 14.1. The number of aryl methyl sites for hydroxylation is 2. The van der Waals surface area contributed by atoms with Gasteiger partial charge in [0, 0.05) is 28.9 Å². The molecule has 0 amide bonds. The molecule has 1 heterocycles. The van der Waals surface area contributed by atoms with Gasteiger partial charge in [0.05, 0.1) is 21.2 Å². The molecule has 7 nitrogen and oxygen atoms in total. The van der Waals surface area contributed by atoms with Crippen LogP contribution in [0.15, 0.2) is 57.2 Å². The van der Waals surface area contributed by atoms with E-state index in [1.165, 1.54) is 36.2 Å². The third-order valence-corrected chi connectivity index (χ3v) is 5.06. The van der Waals surface area contributed by atoms with E-state index in [-0.39, 0.29) is 17.0 Å². The van der Waals surface area contributed by atoms with E-state index in [9.17, 15) is 15.2 Å². The standard InChI is InChI=1S/C18H16N4O3S/c1-11-18(12(2)21-20-11)26-17-6-4-3-5-15(17)19-10-13-9-14(22(24)25)7-8-16(13)23/h3-10,23H,1-2H3,(H,20,21)/p-1. The second-order valence-corrected chi connectivity index (χ2v) is 6.62. The van der Waals surface area contributed by atoms with Crippen LogP contribution in [0.5, 0.6) is 5.75 Å². The number of hydrogen-bond donors (Lipinski definition) is 1. The molecule has 3 aromatic rings. The first kappa shape index (κ1) is 17.7. The number of H-pyrrole nitrogens is 1. The molecular formula is C18H15N4O3S-. The van der Waals surface area contributed by atoms with Crippen molar-refractivity contribution in [1.82, 2.24) is 10.2 Å². The Labute approximate surface area is 154 Å². The maximum Gasteiger partial charge on any atom is 0.270 e. The fraction of sp³-hybridized carbons (Fsp3) is 0.111. The summed E-state index contributed by atoms with van der Waals surface area (Å²) in [6.07, 6.45) is 1.36. The van der Waals surface area contributed by atoms with Crippen molar-refractivity contribution in [2.45, 2.75) is 23.6 Å². The predicted molar refractivity (Wildman–Crippen MR) is 98.4 cm³/mol. The van der Waals surface area contributed by atoms with Crippen LogP contribution in [0.25, 0.3) is 0 Å². The Morgan fingerprint density at radius 1 is 1.23 bits per heavy atom. The first-order chi connectivity index (χ1) is 12.5. The van der Waals surface area contributed by atoms with Crippen molar-refractivity contribution in [2.75, 3.05) is 0 Å². The van der Waals surface area contributed by atoms with Gasteiger partial charge in [-0.25, -0.2) is 0 Å². The number of para-hydroxylation sites is 1. The number of rotatable bonds is 5. The van der Waals surface area contributed by atoms with E-state index in [0.717, 1.165) is 21.2 Å². The molecule has 0 unspecified atom stereocenters. The molecule has 8 heteroatoms. The largest absolute Gasteiger partial charge is 0.872 e. The second kappa shape index (κ2) is 7.40. The van der Waals surface area contributed by atoms with Crippen LogP contribution >= 0.6 is 11.8 Å². The first-order valence-electron chi connectivity index (χ1n) is 7.73. The van der Waals surface area contributed by atoms with Crippen molar-refractivity contribution in [3.05, 3.63) is 69.5 Å². The molecule has 1 aromatic heterocycles. The molecule has 26 heavy (non-hydrogen) atoms. The monoisotopic (exact) mass is 367 g/mol. The van der Waals surface area contributed by atoms with Gasteiger partial charge in [-0.2, -0.15) is 5.10 Å². The summed E-state index contributed by atoms with van der Waals surface area (Å²) < 4.78 is 0. The minimum absolute atomic E-state index is 0.140. The molecule has 1 N–H and O–H groups in total. The second-order valence-electron chi connectivity index (χ2n) is 5.57. The number of aromatic nitrogens is 2. The minimum atomic E-state index is -0.537. The van der Waals surface area contributed by atoms with Crippen LogP contribution in [0.4, 0.5) is 11.4 Å². The van der Waals surface area contributed by atoms with E-state index in [4.69, 9.17) is 0 Å². The van der Waals surface area contributed by atoms with Crippen LogP contribution in [0, 0.1) is 24.0 Å². The molecule has 3 rings (SSSR count). The Morgan fingerprint density at radius 3 is 2.69 bits per heavy atom. The molecule has 2 aromatic carbocycles. The average molecular weight is 367 g/mol. The molecule has 0 radical (unpaired) electrons. The van der Waals surface area contributed by atoms with Crippen molar-refractivity contribution in [2.24, 2.45) is 4.99 Å². The fourth-order valence-corrected chi connectivity index (χ4v) is 3.32. The summed E-state index contributed by atoms with van der Waals surface area (Å²) in [5.41, 5.74) is 2.56. The number of non-ortho nitro benzene ring substituents is 1. The molecule has 0 aliphatic heterocycles. The molecule has 0 saturated carbocycles. The number of hydrogen-bond acceptors (Lipinski definition) is 6. The maximum absolute atomic E-state index is 11.9. The number of aromatic amines is 1. The van der Waals surface area contributed by atoms with Crippen LogP contribution in [0.3, 0.4) is 0 Å². The molecule has 0 bridgehead atoms. The van der Waals surface area contributed by atoms with Crippen LogP contribution in [-0.4, -0.2) is 21.3 Å². The summed E-state index contributed by atoms with van der Waals surface area (Å²) >= 11 is 1.53. The summed E-state index contributed by atoms with van der Waals surface area (Å²) in [6.45, 7) is 3.87. The summed E-state index contributed by atoms with van der Waals surface area (Å²) in [5, 5.41) is 29.9. The number of nitrogens with one attached hydrogen (secondary N) is 1. The highest BCUT2D eigenvalue weighted by Gasteiger charge is 2.11. The summed E-state index contributed by atoms with van der Waals surface area (Å²) in [7, 11) is 0. The SMILES string of the molecule is Cc1n[nH]c(C)c1Sc1ccccc1N=Cc1cc([N+](=O)[O-])ccc1[O-]. The van der Waals surface area contributed by atoms with Crippen LogP contribution in [0.2, 0.25) is 0 Å². The van der Waals surface area contributed by atoms with Gasteiger partial charge in [-0.3, -0.25) is 20.2 Å². The normalized spacial score (nSPS) is 11.2. The Balaban J connectivity index is 1.93. The topological polar surface area (TPSA) is 107 Å². The van der Waals surface area contributed by atoms with Gasteiger partial charge in [-0.15, -0.1) is 0 Å². The smallest absolute Gasteiger partial charge is 0.270 e. The number of nitro groups is 1. The predicted octanol–water partition coefficient (Wildman–Crippen LogP) is 3.91. The average Bonchev–Trinajstić information content (AvgIpc) is 2.94. The van der Waals surface area contributed by atoms with Crippen molar-refractivity contribution in [3.63, 3.8) is 0 Å². The number of nitro benzene ring substituents is 1. The molecule has 132 valence electrons. The summed E-state index contributed by atoms with van der Waals surface area (Å²) in [5.74, 6) is -0.314. The first-order valence-corrected chi connectivity index (χ1v) is 8.55. The van der Waals surface area contributed by atoms with Gasteiger partial charge >= 0.3 is 0 Å². The Kier molecular flexibility index (Phi) is 5.04. The third kappa shape index (κ3) is 3.75. The Hall–Kier alpha value is -3.13. The van der Waals surface area contributed by atoms with Crippen LogP contribution < -0.4 is 5.11 Å². The van der Waals surface area contributed by atoms with Gasteiger partial charge in [0.2, 0.25) is 0 Å². The van der Waals surface area contributed by atoms with Gasteiger partial charge in [0.25, 0.3) is 5.69 Å². The number of nitrogens with zero attached hydrogens (tertiary/aromatic N) is 3. The lowest BCUT2D eigenvalue weighted by Crippen LogP contribution is -1.98. The van der Waals surface area contributed by atoms with E-state index >= 15 is 0 Å². The Morgan fingerprint density at radius 2 is 2.00 bits per heavy atom. The quantitative estimate of drug-likeness (QED) is 0.418. The van der Waals surface area contributed by atoms with Crippen molar-refractivity contribution in [1.29, 1.82) is 0 Å². The lowest BCUT2D eigenvalue weighted by Gasteiger charge is -2.09. The van der Waals surface area contributed by atoms with Crippen LogP contribution in [0.1, 0.15) is 17.0 Å². The van der Waals surface area contributed by atoms with Crippen molar-refractivity contribution < 1.29 is 10.0 Å². The zero-order chi connectivity index (χ0) is 18.7. The molecule has 0 aliphatic rings. The highest BCUT2D eigenvalue weighted by molar-refractivity contribution is 7.99. The van der Waals surface area contributed by atoms with Gasteiger partial charge < -0.3 is 5.11 Å². The third-order valence-electron chi connectivity index (χ3n) is 3.68. The highest BCUT2D eigenvalue weighted by atomic mass is 32.2. The lowest BCUT2D eigenvalue weighted by molar-refractivity contribution is -0.385. The summed E-state index contributed by atoms with van der Waals surface area (Å²) in [6, 6.07) is 11.1. The maximum atomic E-state index is 11.9.